The molecule has 3 nitrogen and oxygen atoms in total. The predicted molar refractivity (Wildman–Crippen MR) is 62.7 cm³/mol. The lowest BCUT2D eigenvalue weighted by Gasteiger charge is -2.36. The number of nitrogens with two attached hydrogens (primary N) is 1. The summed E-state index contributed by atoms with van der Waals surface area (Å²) in [6, 6.07) is 8.68. The molecule has 2 aliphatic rings. The Morgan fingerprint density at radius 2 is 2.25 bits per heavy atom. The third-order valence-corrected chi connectivity index (χ3v) is 3.51. The molecule has 84 valence electrons. The summed E-state index contributed by atoms with van der Waals surface area (Å²) in [7, 11) is 0. The minimum atomic E-state index is 0.136. The second kappa shape index (κ2) is 3.92. The normalized spacial score (nSPS) is 24.1. The second-order valence-electron chi connectivity index (χ2n) is 4.40. The van der Waals surface area contributed by atoms with Crippen LogP contribution in [0.5, 0.6) is 0 Å². The molecule has 16 heavy (non-hydrogen) atoms. The van der Waals surface area contributed by atoms with Gasteiger partial charge in [0.15, 0.2) is 0 Å². The Kier molecular flexibility index (Phi) is 2.42. The standard InChI is InChI=1S/C13H16N2O/c14-15-13(12-6-3-7-16-12)11-8-9-4-1-2-5-10(9)11/h1-2,4-6,11,13,15H,3,7-8,14H2. The Labute approximate surface area is 95.3 Å². The molecule has 1 aliphatic heterocycles. The third-order valence-electron chi connectivity index (χ3n) is 3.51. The Bertz CT molecular complexity index is 428. The molecule has 0 amide bonds. The summed E-state index contributed by atoms with van der Waals surface area (Å²) in [6.45, 7) is 0.794. The van der Waals surface area contributed by atoms with Crippen LogP contribution in [0.3, 0.4) is 0 Å². The van der Waals surface area contributed by atoms with Gasteiger partial charge < -0.3 is 4.74 Å². The van der Waals surface area contributed by atoms with Crippen molar-refractivity contribution in [1.29, 1.82) is 0 Å². The first-order chi connectivity index (χ1) is 7.90. The Hall–Kier alpha value is -1.32. The van der Waals surface area contributed by atoms with Gasteiger partial charge in [-0.15, -0.1) is 0 Å². The highest BCUT2D eigenvalue weighted by atomic mass is 16.5. The van der Waals surface area contributed by atoms with Gasteiger partial charge in [-0.2, -0.15) is 0 Å². The fraction of sp³-hybridized carbons (Fsp3) is 0.385. The van der Waals surface area contributed by atoms with Crippen LogP contribution in [-0.2, 0) is 11.2 Å². The van der Waals surface area contributed by atoms with Gasteiger partial charge in [0, 0.05) is 12.3 Å². The van der Waals surface area contributed by atoms with Crippen molar-refractivity contribution < 1.29 is 4.74 Å². The van der Waals surface area contributed by atoms with E-state index in [-0.39, 0.29) is 6.04 Å². The molecule has 1 aromatic rings. The minimum absolute atomic E-state index is 0.136. The highest BCUT2D eigenvalue weighted by Crippen LogP contribution is 2.39. The number of hydrazine groups is 1. The van der Waals surface area contributed by atoms with Crippen molar-refractivity contribution in [3.05, 3.63) is 47.2 Å². The average molecular weight is 216 g/mol. The molecule has 0 fully saturated rings. The highest BCUT2D eigenvalue weighted by Gasteiger charge is 2.35. The van der Waals surface area contributed by atoms with Crippen molar-refractivity contribution in [3.63, 3.8) is 0 Å². The molecule has 1 aliphatic carbocycles. The van der Waals surface area contributed by atoms with E-state index in [4.69, 9.17) is 10.6 Å². The smallest absolute Gasteiger partial charge is 0.111 e. The van der Waals surface area contributed by atoms with Crippen LogP contribution < -0.4 is 11.3 Å². The molecular formula is C13H16N2O. The summed E-state index contributed by atoms with van der Waals surface area (Å²) in [5.41, 5.74) is 5.73. The molecule has 1 heterocycles. The summed E-state index contributed by atoms with van der Waals surface area (Å²) < 4.78 is 5.60. The van der Waals surface area contributed by atoms with Gasteiger partial charge in [-0.1, -0.05) is 24.3 Å². The topological polar surface area (TPSA) is 47.3 Å². The van der Waals surface area contributed by atoms with Gasteiger partial charge in [0.2, 0.25) is 0 Å². The maximum absolute atomic E-state index is 5.65. The summed E-state index contributed by atoms with van der Waals surface area (Å²) in [5, 5.41) is 0. The third kappa shape index (κ3) is 1.44. The summed E-state index contributed by atoms with van der Waals surface area (Å²) >= 11 is 0. The van der Waals surface area contributed by atoms with Gasteiger partial charge in [0.05, 0.1) is 12.6 Å². The Morgan fingerprint density at radius 1 is 1.38 bits per heavy atom. The molecule has 0 spiro atoms. The van der Waals surface area contributed by atoms with Gasteiger partial charge in [0.25, 0.3) is 0 Å². The number of hydrogen-bond donors (Lipinski definition) is 2. The van der Waals surface area contributed by atoms with Gasteiger partial charge in [0.1, 0.15) is 5.76 Å². The van der Waals surface area contributed by atoms with Crippen LogP contribution in [-0.4, -0.2) is 12.6 Å². The van der Waals surface area contributed by atoms with E-state index in [1.165, 1.54) is 11.1 Å². The van der Waals surface area contributed by atoms with Crippen LogP contribution in [0.1, 0.15) is 23.5 Å². The van der Waals surface area contributed by atoms with Crippen molar-refractivity contribution in [2.75, 3.05) is 6.61 Å². The maximum Gasteiger partial charge on any atom is 0.111 e. The molecule has 3 heteroatoms. The van der Waals surface area contributed by atoms with E-state index in [2.05, 4.69) is 35.8 Å². The van der Waals surface area contributed by atoms with E-state index < -0.39 is 0 Å². The SMILES string of the molecule is NNC(C1=CCCO1)C1Cc2ccccc21. The second-order valence-corrected chi connectivity index (χ2v) is 4.40. The van der Waals surface area contributed by atoms with Crippen molar-refractivity contribution in [2.45, 2.75) is 24.8 Å². The summed E-state index contributed by atoms with van der Waals surface area (Å²) in [4.78, 5) is 0. The van der Waals surface area contributed by atoms with Crippen LogP contribution in [0.4, 0.5) is 0 Å². The first-order valence-electron chi connectivity index (χ1n) is 5.77. The van der Waals surface area contributed by atoms with E-state index in [0.717, 1.165) is 25.2 Å². The number of rotatable bonds is 3. The zero-order valence-corrected chi connectivity index (χ0v) is 9.15. The monoisotopic (exact) mass is 216 g/mol. The number of ether oxygens (including phenoxy) is 1. The first-order valence-corrected chi connectivity index (χ1v) is 5.77. The van der Waals surface area contributed by atoms with E-state index in [9.17, 15) is 0 Å². The van der Waals surface area contributed by atoms with Crippen LogP contribution in [0.25, 0.3) is 0 Å². The molecular weight excluding hydrogens is 200 g/mol. The van der Waals surface area contributed by atoms with Crippen LogP contribution in [0, 0.1) is 0 Å². The van der Waals surface area contributed by atoms with Gasteiger partial charge in [-0.25, -0.2) is 5.43 Å². The van der Waals surface area contributed by atoms with Crippen molar-refractivity contribution in [1.82, 2.24) is 5.43 Å². The molecule has 3 rings (SSSR count). The quantitative estimate of drug-likeness (QED) is 0.594. The van der Waals surface area contributed by atoms with E-state index in [0.29, 0.717) is 5.92 Å². The van der Waals surface area contributed by atoms with E-state index in [1.54, 1.807) is 0 Å². The lowest BCUT2D eigenvalue weighted by Crippen LogP contribution is -2.45. The Balaban J connectivity index is 1.83. The highest BCUT2D eigenvalue weighted by molar-refractivity contribution is 5.42. The minimum Gasteiger partial charge on any atom is -0.496 e. The summed E-state index contributed by atoms with van der Waals surface area (Å²) in [5.74, 6) is 7.13. The van der Waals surface area contributed by atoms with E-state index in [1.807, 2.05) is 0 Å². The van der Waals surface area contributed by atoms with Crippen LogP contribution in [0.2, 0.25) is 0 Å². The number of fused-ring (bicyclic) bond motifs is 1. The number of nitrogens with one attached hydrogen (secondary N) is 1. The van der Waals surface area contributed by atoms with E-state index >= 15 is 0 Å². The Morgan fingerprint density at radius 3 is 2.94 bits per heavy atom. The molecule has 0 radical (unpaired) electrons. The molecule has 3 N–H and O–H groups in total. The fourth-order valence-electron chi connectivity index (χ4n) is 2.65. The maximum atomic E-state index is 5.65. The summed E-state index contributed by atoms with van der Waals surface area (Å²) in [6.07, 6.45) is 4.24. The number of hydrogen-bond acceptors (Lipinski definition) is 3. The lowest BCUT2D eigenvalue weighted by molar-refractivity contribution is 0.202. The van der Waals surface area contributed by atoms with Crippen LogP contribution in [0.15, 0.2) is 36.1 Å². The molecule has 0 saturated heterocycles. The zero-order chi connectivity index (χ0) is 11.0. The first kappa shape index (κ1) is 9.87. The van der Waals surface area contributed by atoms with Crippen molar-refractivity contribution in [2.24, 2.45) is 5.84 Å². The van der Waals surface area contributed by atoms with Crippen molar-refractivity contribution in [3.8, 4) is 0 Å². The van der Waals surface area contributed by atoms with Crippen LogP contribution >= 0.6 is 0 Å². The fourth-order valence-corrected chi connectivity index (χ4v) is 2.65. The van der Waals surface area contributed by atoms with Gasteiger partial charge >= 0.3 is 0 Å². The lowest BCUT2D eigenvalue weighted by atomic mass is 9.73. The molecule has 0 saturated carbocycles. The molecule has 2 unspecified atom stereocenters. The largest absolute Gasteiger partial charge is 0.496 e. The average Bonchev–Trinajstić information content (AvgIpc) is 2.79. The molecule has 2 atom stereocenters. The van der Waals surface area contributed by atoms with Crippen molar-refractivity contribution >= 4 is 0 Å². The van der Waals surface area contributed by atoms with Gasteiger partial charge in [-0.05, 0) is 23.6 Å². The predicted octanol–water partition coefficient (Wildman–Crippen LogP) is 1.46. The number of benzene rings is 1. The molecule has 1 aromatic carbocycles. The molecule has 0 bridgehead atoms. The molecule has 0 aromatic heterocycles. The zero-order valence-electron chi connectivity index (χ0n) is 9.15. The van der Waals surface area contributed by atoms with Gasteiger partial charge in [-0.3, -0.25) is 5.84 Å².